The standard InChI is InChI=1S/C23H38N2O6/c1-8-18(29-7)20(26)19(24-6)22(27)25-15(4)23(28)31-16(5)21(30-13-14(2)3)17-11-9-10-12-17/h8,14-17,21,26H,6,9-13H2,1-5,7H3,(H,25,27)/b18-8+,20-19+/t15-,16-,21-/m0/s1. The van der Waals surface area contributed by atoms with Gasteiger partial charge in [0, 0.05) is 6.61 Å². The number of esters is 1. The van der Waals surface area contributed by atoms with Gasteiger partial charge in [0.2, 0.25) is 0 Å². The minimum atomic E-state index is -0.953. The molecule has 0 unspecified atom stereocenters. The van der Waals surface area contributed by atoms with E-state index in [2.05, 4.69) is 30.9 Å². The van der Waals surface area contributed by atoms with Crippen LogP contribution in [0.2, 0.25) is 0 Å². The predicted molar refractivity (Wildman–Crippen MR) is 120 cm³/mol. The van der Waals surface area contributed by atoms with E-state index in [-0.39, 0.29) is 17.6 Å². The summed E-state index contributed by atoms with van der Waals surface area (Å²) in [6.07, 6.45) is 5.28. The monoisotopic (exact) mass is 438 g/mol. The number of nitrogens with zero attached hydrogens (tertiary/aromatic N) is 1. The molecule has 8 heteroatoms. The Kier molecular flexibility index (Phi) is 11.3. The second-order valence-electron chi connectivity index (χ2n) is 8.29. The van der Waals surface area contributed by atoms with Gasteiger partial charge in [-0.15, -0.1) is 0 Å². The molecule has 1 fully saturated rings. The molecule has 3 atom stereocenters. The van der Waals surface area contributed by atoms with Gasteiger partial charge in [0.1, 0.15) is 12.1 Å². The van der Waals surface area contributed by atoms with Crippen molar-refractivity contribution in [3.05, 3.63) is 23.3 Å². The van der Waals surface area contributed by atoms with Gasteiger partial charge in [-0.1, -0.05) is 26.7 Å². The number of hydrogen-bond donors (Lipinski definition) is 2. The maximum atomic E-state index is 12.6. The van der Waals surface area contributed by atoms with E-state index in [1.807, 2.05) is 6.92 Å². The Morgan fingerprint density at radius 3 is 2.32 bits per heavy atom. The maximum absolute atomic E-state index is 12.6. The van der Waals surface area contributed by atoms with Crippen molar-refractivity contribution in [1.82, 2.24) is 5.32 Å². The maximum Gasteiger partial charge on any atom is 0.328 e. The Balaban J connectivity index is 2.81. The first-order chi connectivity index (χ1) is 14.7. The molecule has 1 amide bonds. The van der Waals surface area contributed by atoms with Gasteiger partial charge in [-0.3, -0.25) is 9.79 Å². The third-order valence-electron chi connectivity index (χ3n) is 5.27. The Labute approximate surface area is 185 Å². The zero-order chi connectivity index (χ0) is 23.6. The van der Waals surface area contributed by atoms with Crippen LogP contribution in [0, 0.1) is 11.8 Å². The Morgan fingerprint density at radius 1 is 1.23 bits per heavy atom. The molecule has 176 valence electrons. The third-order valence-corrected chi connectivity index (χ3v) is 5.27. The molecule has 0 aliphatic heterocycles. The molecule has 31 heavy (non-hydrogen) atoms. The molecule has 0 heterocycles. The van der Waals surface area contributed by atoms with Gasteiger partial charge in [0.05, 0.1) is 13.2 Å². The molecule has 0 aromatic heterocycles. The highest BCUT2D eigenvalue weighted by Crippen LogP contribution is 2.32. The average Bonchev–Trinajstić information content (AvgIpc) is 3.23. The number of carbonyl (C=O) groups is 2. The lowest BCUT2D eigenvalue weighted by Gasteiger charge is -2.30. The van der Waals surface area contributed by atoms with Crippen molar-refractivity contribution in [2.45, 2.75) is 78.6 Å². The number of nitrogens with one attached hydrogen (secondary N) is 1. The van der Waals surface area contributed by atoms with Crippen LogP contribution in [0.1, 0.15) is 60.3 Å². The summed E-state index contributed by atoms with van der Waals surface area (Å²) < 4.78 is 16.7. The summed E-state index contributed by atoms with van der Waals surface area (Å²) in [5.41, 5.74) is -0.341. The number of aliphatic hydroxyl groups excluding tert-OH is 1. The molecule has 0 bridgehead atoms. The van der Waals surface area contributed by atoms with Crippen LogP contribution in [-0.2, 0) is 23.8 Å². The number of aliphatic imine (C=N–C) groups is 1. The Morgan fingerprint density at radius 2 is 1.84 bits per heavy atom. The summed E-state index contributed by atoms with van der Waals surface area (Å²) in [4.78, 5) is 28.7. The normalized spacial score (nSPS) is 18.7. The Hall–Kier alpha value is -2.35. The zero-order valence-electron chi connectivity index (χ0n) is 19.6. The van der Waals surface area contributed by atoms with Gasteiger partial charge < -0.3 is 24.6 Å². The highest BCUT2D eigenvalue weighted by molar-refractivity contribution is 5.97. The van der Waals surface area contributed by atoms with Crippen LogP contribution in [0.25, 0.3) is 0 Å². The van der Waals surface area contributed by atoms with E-state index in [0.29, 0.717) is 18.4 Å². The van der Waals surface area contributed by atoms with Gasteiger partial charge in [0.15, 0.2) is 17.2 Å². The van der Waals surface area contributed by atoms with Crippen LogP contribution < -0.4 is 5.32 Å². The highest BCUT2D eigenvalue weighted by atomic mass is 16.6. The van der Waals surface area contributed by atoms with Crippen molar-refractivity contribution >= 4 is 18.6 Å². The molecule has 0 saturated heterocycles. The van der Waals surface area contributed by atoms with Crippen LogP contribution >= 0.6 is 0 Å². The van der Waals surface area contributed by atoms with E-state index in [9.17, 15) is 14.7 Å². The van der Waals surface area contributed by atoms with Gasteiger partial charge in [-0.2, -0.15) is 0 Å². The number of ether oxygens (including phenoxy) is 3. The number of carbonyl (C=O) groups excluding carboxylic acids is 2. The molecule has 1 saturated carbocycles. The molecule has 0 aromatic rings. The molecule has 1 aliphatic rings. The van der Waals surface area contributed by atoms with Crippen LogP contribution in [-0.4, -0.2) is 55.7 Å². The molecule has 8 nitrogen and oxygen atoms in total. The summed E-state index contributed by atoms with van der Waals surface area (Å²) in [6.45, 7) is 13.0. The second kappa shape index (κ2) is 13.1. The fourth-order valence-electron chi connectivity index (χ4n) is 3.64. The average molecular weight is 439 g/mol. The van der Waals surface area contributed by atoms with Crippen molar-refractivity contribution in [3.63, 3.8) is 0 Å². The summed E-state index contributed by atoms with van der Waals surface area (Å²) >= 11 is 0. The topological polar surface area (TPSA) is 106 Å². The molecule has 0 aromatic carbocycles. The smallest absolute Gasteiger partial charge is 0.328 e. The lowest BCUT2D eigenvalue weighted by Crippen LogP contribution is -2.44. The molecule has 0 radical (unpaired) electrons. The summed E-state index contributed by atoms with van der Waals surface area (Å²) in [5.74, 6) is -1.00. The van der Waals surface area contributed by atoms with Gasteiger partial charge in [-0.25, -0.2) is 4.79 Å². The number of rotatable bonds is 12. The van der Waals surface area contributed by atoms with E-state index >= 15 is 0 Å². The molecular formula is C23H38N2O6. The minimum Gasteiger partial charge on any atom is -0.503 e. The largest absolute Gasteiger partial charge is 0.503 e. The van der Waals surface area contributed by atoms with E-state index < -0.39 is 29.8 Å². The minimum absolute atomic E-state index is 0.0723. The Bertz CT molecular complexity index is 680. The van der Waals surface area contributed by atoms with Gasteiger partial charge >= 0.3 is 5.97 Å². The zero-order valence-corrected chi connectivity index (χ0v) is 19.6. The number of aliphatic hydroxyl groups is 1. The number of allylic oxidation sites excluding steroid dienone is 1. The quantitative estimate of drug-likeness (QED) is 0.158. The van der Waals surface area contributed by atoms with Crippen molar-refractivity contribution < 1.29 is 28.9 Å². The van der Waals surface area contributed by atoms with Gasteiger partial charge in [0.25, 0.3) is 5.91 Å². The molecule has 1 rings (SSSR count). The molecule has 2 N–H and O–H groups in total. The summed E-state index contributed by atoms with van der Waals surface area (Å²) in [6, 6.07) is -0.953. The third kappa shape index (κ3) is 8.01. The number of methoxy groups -OCH3 is 1. The van der Waals surface area contributed by atoms with E-state index in [1.54, 1.807) is 6.92 Å². The lowest BCUT2D eigenvalue weighted by molar-refractivity contribution is -0.162. The van der Waals surface area contributed by atoms with Crippen molar-refractivity contribution in [3.8, 4) is 0 Å². The van der Waals surface area contributed by atoms with Crippen molar-refractivity contribution in [1.29, 1.82) is 0 Å². The van der Waals surface area contributed by atoms with Crippen molar-refractivity contribution in [2.75, 3.05) is 13.7 Å². The fourth-order valence-corrected chi connectivity index (χ4v) is 3.64. The van der Waals surface area contributed by atoms with E-state index in [0.717, 1.165) is 25.7 Å². The van der Waals surface area contributed by atoms with Crippen LogP contribution in [0.15, 0.2) is 28.3 Å². The summed E-state index contributed by atoms with van der Waals surface area (Å²) in [7, 11) is 1.35. The fraction of sp³-hybridized carbons (Fsp3) is 0.696. The van der Waals surface area contributed by atoms with E-state index in [4.69, 9.17) is 14.2 Å². The van der Waals surface area contributed by atoms with Crippen LogP contribution in [0.4, 0.5) is 0 Å². The van der Waals surface area contributed by atoms with Crippen LogP contribution in [0.5, 0.6) is 0 Å². The first kappa shape index (κ1) is 26.7. The number of amides is 1. The molecule has 1 aliphatic carbocycles. The molecular weight excluding hydrogens is 400 g/mol. The SMILES string of the molecule is C=N/C(C(=O)N[C@@H](C)C(=O)O[C@@H](C)[C@H](OCC(C)C)C1CCCC1)=C(O)\C(=C/C)OC. The second-order valence-corrected chi connectivity index (χ2v) is 8.29. The molecule has 0 spiro atoms. The van der Waals surface area contributed by atoms with Crippen LogP contribution in [0.3, 0.4) is 0 Å². The lowest BCUT2D eigenvalue weighted by atomic mass is 9.96. The van der Waals surface area contributed by atoms with Gasteiger partial charge in [-0.05, 0) is 58.2 Å². The first-order valence-corrected chi connectivity index (χ1v) is 10.9. The van der Waals surface area contributed by atoms with Crippen molar-refractivity contribution in [2.24, 2.45) is 16.8 Å². The first-order valence-electron chi connectivity index (χ1n) is 10.9. The summed E-state index contributed by atoms with van der Waals surface area (Å²) in [5, 5.41) is 12.7. The number of hydrogen-bond acceptors (Lipinski definition) is 7. The van der Waals surface area contributed by atoms with E-state index in [1.165, 1.54) is 20.1 Å². The predicted octanol–water partition coefficient (Wildman–Crippen LogP) is 3.67. The highest BCUT2D eigenvalue weighted by Gasteiger charge is 2.33.